The smallest absolute Gasteiger partial charge is 0.407 e. The molecule has 0 saturated carbocycles. The number of amides is 1. The number of ether oxygens (including phenoxy) is 2. The molecular formula is C25H27N3O4. The molecule has 1 aliphatic heterocycles. The van der Waals surface area contributed by atoms with E-state index in [9.17, 15) is 4.79 Å². The molecule has 0 fully saturated rings. The van der Waals surface area contributed by atoms with Crippen LogP contribution in [0.15, 0.2) is 64.5 Å². The Morgan fingerprint density at radius 2 is 2.03 bits per heavy atom. The predicted octanol–water partition coefficient (Wildman–Crippen LogP) is 5.32. The molecule has 7 heteroatoms. The summed E-state index contributed by atoms with van der Waals surface area (Å²) in [5.74, 6) is 1.68. The number of nitrogens with zero attached hydrogens (tertiary/aromatic N) is 2. The van der Waals surface area contributed by atoms with Crippen LogP contribution < -0.4 is 10.1 Å². The summed E-state index contributed by atoms with van der Waals surface area (Å²) in [6.07, 6.45) is 4.01. The van der Waals surface area contributed by atoms with E-state index in [-0.39, 0.29) is 12.6 Å². The number of carbonyl (C=O) groups is 1. The Bertz CT molecular complexity index is 1090. The molecule has 1 N–H and O–H groups in total. The van der Waals surface area contributed by atoms with Gasteiger partial charge >= 0.3 is 6.09 Å². The van der Waals surface area contributed by atoms with Crippen molar-refractivity contribution in [3.8, 4) is 17.1 Å². The molecule has 3 aromatic rings. The zero-order valence-corrected chi connectivity index (χ0v) is 18.5. The van der Waals surface area contributed by atoms with Gasteiger partial charge in [-0.1, -0.05) is 44.2 Å². The highest BCUT2D eigenvalue weighted by Crippen LogP contribution is 2.39. The van der Waals surface area contributed by atoms with Crippen LogP contribution in [0.25, 0.3) is 11.3 Å². The van der Waals surface area contributed by atoms with Crippen LogP contribution >= 0.6 is 0 Å². The van der Waals surface area contributed by atoms with Crippen LogP contribution in [0.5, 0.6) is 5.75 Å². The van der Waals surface area contributed by atoms with Gasteiger partial charge < -0.3 is 19.2 Å². The highest BCUT2D eigenvalue weighted by molar-refractivity contribution is 6.00. The van der Waals surface area contributed by atoms with Gasteiger partial charge in [-0.25, -0.2) is 9.78 Å². The maximum atomic E-state index is 12.5. The summed E-state index contributed by atoms with van der Waals surface area (Å²) in [6, 6.07) is 13.3. The van der Waals surface area contributed by atoms with Crippen molar-refractivity contribution >= 4 is 17.5 Å². The van der Waals surface area contributed by atoms with Crippen molar-refractivity contribution in [3.05, 3.63) is 66.2 Å². The molecular weight excluding hydrogens is 406 g/mol. The summed E-state index contributed by atoms with van der Waals surface area (Å²) in [5, 5.41) is 3.01. The predicted molar refractivity (Wildman–Crippen MR) is 122 cm³/mol. The zero-order chi connectivity index (χ0) is 22.5. The number of carbonyl (C=O) groups excluding carboxylic acids is 1. The number of hydrogen-bond donors (Lipinski definition) is 1. The van der Waals surface area contributed by atoms with Gasteiger partial charge in [0.1, 0.15) is 12.4 Å². The van der Waals surface area contributed by atoms with Crippen LogP contribution in [-0.2, 0) is 17.8 Å². The largest absolute Gasteiger partial charge is 0.496 e. The monoisotopic (exact) mass is 433 g/mol. The van der Waals surface area contributed by atoms with Crippen molar-refractivity contribution in [1.82, 2.24) is 10.3 Å². The van der Waals surface area contributed by atoms with E-state index in [4.69, 9.17) is 18.9 Å². The van der Waals surface area contributed by atoms with Crippen molar-refractivity contribution in [2.45, 2.75) is 39.3 Å². The number of hydrogen-bond acceptors (Lipinski definition) is 6. The molecule has 1 aliphatic rings. The van der Waals surface area contributed by atoms with Crippen LogP contribution in [0.2, 0.25) is 0 Å². The fourth-order valence-corrected chi connectivity index (χ4v) is 3.82. The van der Waals surface area contributed by atoms with Gasteiger partial charge in [0.25, 0.3) is 0 Å². The lowest BCUT2D eigenvalue weighted by atomic mass is 9.96. The van der Waals surface area contributed by atoms with Crippen molar-refractivity contribution in [3.63, 3.8) is 0 Å². The molecule has 0 saturated heterocycles. The number of methoxy groups -OCH3 is 1. The molecule has 0 unspecified atom stereocenters. The second-order valence-corrected chi connectivity index (χ2v) is 8.22. The SMILES string of the molecule is COc1cc2c(cc1-c1cnco1)CC([C@@H](CC(C)C)NC(=O)OCc1ccccc1)=N2. The molecule has 1 aromatic heterocycles. The second-order valence-electron chi connectivity index (χ2n) is 8.22. The Morgan fingerprint density at radius 1 is 1.22 bits per heavy atom. The number of aliphatic imine (C=N–C) groups is 1. The lowest BCUT2D eigenvalue weighted by Crippen LogP contribution is -2.42. The third-order valence-corrected chi connectivity index (χ3v) is 5.35. The summed E-state index contributed by atoms with van der Waals surface area (Å²) in [5.41, 5.74) is 4.58. The van der Waals surface area contributed by atoms with Gasteiger partial charge in [0.2, 0.25) is 0 Å². The lowest BCUT2D eigenvalue weighted by Gasteiger charge is -2.20. The van der Waals surface area contributed by atoms with E-state index in [1.807, 2.05) is 42.5 Å². The average molecular weight is 434 g/mol. The zero-order valence-electron chi connectivity index (χ0n) is 18.5. The molecule has 32 heavy (non-hydrogen) atoms. The molecule has 166 valence electrons. The Balaban J connectivity index is 1.49. The molecule has 2 aromatic carbocycles. The van der Waals surface area contributed by atoms with Gasteiger partial charge in [0.05, 0.1) is 30.6 Å². The molecule has 0 spiro atoms. The number of benzene rings is 2. The number of oxazole rings is 1. The topological polar surface area (TPSA) is 86.0 Å². The maximum absolute atomic E-state index is 12.5. The Kier molecular flexibility index (Phi) is 6.54. The Hall–Kier alpha value is -3.61. The number of fused-ring (bicyclic) bond motifs is 1. The first-order valence-electron chi connectivity index (χ1n) is 10.7. The van der Waals surface area contributed by atoms with Crippen LogP contribution in [-0.4, -0.2) is 29.9 Å². The lowest BCUT2D eigenvalue weighted by molar-refractivity contribution is 0.137. The van der Waals surface area contributed by atoms with Crippen LogP contribution in [0.4, 0.5) is 10.5 Å². The molecule has 1 atom stereocenters. The molecule has 2 heterocycles. The van der Waals surface area contributed by atoms with Gasteiger partial charge in [-0.15, -0.1) is 0 Å². The molecule has 0 aliphatic carbocycles. The van der Waals surface area contributed by atoms with Crippen molar-refractivity contribution in [2.75, 3.05) is 7.11 Å². The number of nitrogens with one attached hydrogen (secondary N) is 1. The van der Waals surface area contributed by atoms with Crippen molar-refractivity contribution in [1.29, 1.82) is 0 Å². The molecule has 0 bridgehead atoms. The van der Waals surface area contributed by atoms with Gasteiger partial charge in [0.15, 0.2) is 12.2 Å². The number of aromatic nitrogens is 1. The van der Waals surface area contributed by atoms with Crippen molar-refractivity contribution < 1.29 is 18.7 Å². The number of rotatable bonds is 8. The minimum atomic E-state index is -0.446. The first kappa shape index (κ1) is 21.6. The van der Waals surface area contributed by atoms with E-state index in [0.29, 0.717) is 23.8 Å². The summed E-state index contributed by atoms with van der Waals surface area (Å²) < 4.78 is 16.4. The van der Waals surface area contributed by atoms with E-state index < -0.39 is 6.09 Å². The van der Waals surface area contributed by atoms with E-state index >= 15 is 0 Å². The van der Waals surface area contributed by atoms with Crippen LogP contribution in [0, 0.1) is 5.92 Å². The Labute approximate surface area is 187 Å². The standard InChI is InChI=1S/C25H27N3O4/c1-16(2)9-21(28-25(29)31-14-17-7-5-4-6-8-17)22-11-18-10-19(24-13-26-15-32-24)23(30-3)12-20(18)27-22/h4-8,10,12-13,15-16,21H,9,11,14H2,1-3H3,(H,28,29)/t21-/m1/s1. The highest BCUT2D eigenvalue weighted by atomic mass is 16.5. The third-order valence-electron chi connectivity index (χ3n) is 5.35. The quantitative estimate of drug-likeness (QED) is 0.520. The van der Waals surface area contributed by atoms with E-state index in [2.05, 4.69) is 24.1 Å². The first-order chi connectivity index (χ1) is 15.5. The van der Waals surface area contributed by atoms with Gasteiger partial charge in [-0.3, -0.25) is 4.99 Å². The minimum absolute atomic E-state index is 0.217. The summed E-state index contributed by atoms with van der Waals surface area (Å²) in [6.45, 7) is 4.47. The van der Waals surface area contributed by atoms with E-state index in [0.717, 1.165) is 34.5 Å². The highest BCUT2D eigenvalue weighted by Gasteiger charge is 2.27. The fraction of sp³-hybridized carbons (Fsp3) is 0.320. The van der Waals surface area contributed by atoms with E-state index in [1.165, 1.54) is 6.39 Å². The number of alkyl carbamates (subject to hydrolysis) is 1. The molecule has 4 rings (SSSR count). The first-order valence-corrected chi connectivity index (χ1v) is 10.7. The summed E-state index contributed by atoms with van der Waals surface area (Å²) in [7, 11) is 1.62. The molecule has 7 nitrogen and oxygen atoms in total. The molecule has 1 amide bonds. The van der Waals surface area contributed by atoms with Crippen molar-refractivity contribution in [2.24, 2.45) is 10.9 Å². The average Bonchev–Trinajstić information content (AvgIpc) is 3.46. The minimum Gasteiger partial charge on any atom is -0.496 e. The van der Waals surface area contributed by atoms with Crippen LogP contribution in [0.3, 0.4) is 0 Å². The molecule has 0 radical (unpaired) electrons. The maximum Gasteiger partial charge on any atom is 0.407 e. The Morgan fingerprint density at radius 3 is 2.72 bits per heavy atom. The summed E-state index contributed by atoms with van der Waals surface area (Å²) >= 11 is 0. The van der Waals surface area contributed by atoms with Crippen LogP contribution in [0.1, 0.15) is 31.4 Å². The second kappa shape index (κ2) is 9.68. The van der Waals surface area contributed by atoms with Gasteiger partial charge in [-0.2, -0.15) is 0 Å². The third kappa shape index (κ3) is 4.99. The summed E-state index contributed by atoms with van der Waals surface area (Å²) in [4.78, 5) is 21.4. The van der Waals surface area contributed by atoms with Gasteiger partial charge in [0, 0.05) is 18.2 Å². The normalized spacial score (nSPS) is 13.4. The van der Waals surface area contributed by atoms with Gasteiger partial charge in [-0.05, 0) is 29.5 Å². The van der Waals surface area contributed by atoms with E-state index in [1.54, 1.807) is 13.3 Å². The fourth-order valence-electron chi connectivity index (χ4n) is 3.82.